The number of anilines is 1. The van der Waals surface area contributed by atoms with E-state index in [1.165, 1.54) is 17.8 Å². The maximum Gasteiger partial charge on any atom is 0.338 e. The van der Waals surface area contributed by atoms with Gasteiger partial charge in [-0.25, -0.2) is 13.9 Å². The quantitative estimate of drug-likeness (QED) is 0.206. The molecule has 1 aromatic heterocycles. The predicted octanol–water partition coefficient (Wildman–Crippen LogP) is 6.14. The summed E-state index contributed by atoms with van der Waals surface area (Å²) in [6.45, 7) is 4.14. The van der Waals surface area contributed by atoms with Gasteiger partial charge >= 0.3 is 5.97 Å². The highest BCUT2D eigenvalue weighted by Crippen LogP contribution is 2.37. The number of ether oxygens (including phenoxy) is 2. The smallest absolute Gasteiger partial charge is 0.338 e. The highest BCUT2D eigenvalue weighted by molar-refractivity contribution is 7.99. The highest BCUT2D eigenvalue weighted by atomic mass is 32.2. The third-order valence-corrected chi connectivity index (χ3v) is 6.81. The Hall–Kier alpha value is -4.11. The van der Waals surface area contributed by atoms with Crippen molar-refractivity contribution in [3.05, 3.63) is 113 Å². The van der Waals surface area contributed by atoms with E-state index in [-0.39, 0.29) is 19.0 Å². The summed E-state index contributed by atoms with van der Waals surface area (Å²) >= 11 is 1.52. The first-order valence-electron chi connectivity index (χ1n) is 12.3. The van der Waals surface area contributed by atoms with Crippen LogP contribution in [0.1, 0.15) is 36.6 Å². The molecule has 1 unspecified atom stereocenters. The van der Waals surface area contributed by atoms with E-state index >= 15 is 0 Å². The Bertz CT molecular complexity index is 1450. The molecule has 1 aliphatic rings. The van der Waals surface area contributed by atoms with E-state index in [4.69, 9.17) is 9.47 Å². The van der Waals surface area contributed by atoms with E-state index < -0.39 is 12.0 Å². The number of nitrogens with one attached hydrogen (secondary N) is 1. The lowest BCUT2D eigenvalue weighted by Gasteiger charge is -2.28. The van der Waals surface area contributed by atoms with E-state index in [1.807, 2.05) is 56.3 Å². The van der Waals surface area contributed by atoms with E-state index in [0.29, 0.717) is 33.7 Å². The predicted molar refractivity (Wildman–Crippen MR) is 144 cm³/mol. The molecule has 0 aliphatic carbocycles. The van der Waals surface area contributed by atoms with E-state index in [9.17, 15) is 9.18 Å². The zero-order chi connectivity index (χ0) is 26.5. The van der Waals surface area contributed by atoms with E-state index in [0.717, 1.165) is 16.9 Å². The first kappa shape index (κ1) is 25.5. The van der Waals surface area contributed by atoms with Gasteiger partial charge in [0.1, 0.15) is 30.8 Å². The Kier molecular flexibility index (Phi) is 7.74. The van der Waals surface area contributed by atoms with Crippen LogP contribution in [0.4, 0.5) is 10.3 Å². The molecule has 4 aromatic rings. The van der Waals surface area contributed by atoms with Crippen LogP contribution in [0.3, 0.4) is 0 Å². The molecule has 7 nitrogen and oxygen atoms in total. The summed E-state index contributed by atoms with van der Waals surface area (Å²) in [5, 5.41) is 8.52. The van der Waals surface area contributed by atoms with Crippen LogP contribution in [0.5, 0.6) is 5.75 Å². The molecule has 0 amide bonds. The van der Waals surface area contributed by atoms with Crippen LogP contribution in [0.2, 0.25) is 0 Å². The van der Waals surface area contributed by atoms with Gasteiger partial charge in [-0.1, -0.05) is 79.3 Å². The summed E-state index contributed by atoms with van der Waals surface area (Å²) in [6, 6.07) is 22.9. The van der Waals surface area contributed by atoms with Crippen LogP contribution >= 0.6 is 11.8 Å². The lowest BCUT2D eigenvalue weighted by atomic mass is 9.95. The number of rotatable bonds is 9. The number of hydrogen-bond donors (Lipinski definition) is 1. The van der Waals surface area contributed by atoms with Gasteiger partial charge in [0.05, 0.1) is 5.57 Å². The summed E-state index contributed by atoms with van der Waals surface area (Å²) in [6.07, 6.45) is 0. The molecule has 0 saturated heterocycles. The molecule has 5 rings (SSSR count). The molecule has 194 valence electrons. The number of benzene rings is 3. The standard InChI is InChI=1S/C29H27FN4O3S/c1-3-38-29-32-28-31-19(2)25(27(35)37-17-20-9-5-4-6-10-20)26(34(28)33-29)21-13-15-23(16-14-21)36-18-22-11-7-8-12-24(22)30/h4-16,26H,3,17-18H2,1-2H3,(H,31,32,33). The molecule has 3 aromatic carbocycles. The number of esters is 1. The Balaban J connectivity index is 1.42. The topological polar surface area (TPSA) is 78.3 Å². The van der Waals surface area contributed by atoms with Crippen molar-refractivity contribution >= 4 is 23.7 Å². The highest BCUT2D eigenvalue weighted by Gasteiger charge is 2.35. The molecule has 0 saturated carbocycles. The minimum absolute atomic E-state index is 0.111. The van der Waals surface area contributed by atoms with Gasteiger partial charge in [0.2, 0.25) is 11.1 Å². The minimum atomic E-state index is -0.547. The molecular formula is C29H27FN4O3S. The zero-order valence-electron chi connectivity index (χ0n) is 21.1. The first-order valence-corrected chi connectivity index (χ1v) is 13.3. The van der Waals surface area contributed by atoms with Crippen molar-refractivity contribution in [1.29, 1.82) is 0 Å². The van der Waals surface area contributed by atoms with Crippen LogP contribution in [0.15, 0.2) is 95.3 Å². The number of carbonyl (C=O) groups is 1. The van der Waals surface area contributed by atoms with Gasteiger partial charge in [-0.05, 0) is 42.0 Å². The lowest BCUT2D eigenvalue weighted by Crippen LogP contribution is -2.29. The number of carbonyl (C=O) groups excluding carboxylic acids is 1. The molecule has 1 atom stereocenters. The number of hydrogen-bond acceptors (Lipinski definition) is 7. The molecular weight excluding hydrogens is 503 g/mol. The fourth-order valence-corrected chi connectivity index (χ4v) is 4.77. The lowest BCUT2D eigenvalue weighted by molar-refractivity contribution is -0.140. The summed E-state index contributed by atoms with van der Waals surface area (Å²) in [5.74, 6) is 1.22. The molecule has 1 aliphatic heterocycles. The molecule has 0 radical (unpaired) electrons. The van der Waals surface area contributed by atoms with E-state index in [1.54, 1.807) is 35.0 Å². The number of fused-ring (bicyclic) bond motifs is 1. The Morgan fingerprint density at radius 2 is 1.76 bits per heavy atom. The molecule has 0 fully saturated rings. The average molecular weight is 531 g/mol. The van der Waals surface area contributed by atoms with Crippen LogP contribution in [0, 0.1) is 5.82 Å². The number of nitrogens with zero attached hydrogens (tertiary/aromatic N) is 3. The van der Waals surface area contributed by atoms with Crippen molar-refractivity contribution in [1.82, 2.24) is 14.8 Å². The molecule has 0 bridgehead atoms. The summed E-state index contributed by atoms with van der Waals surface area (Å²) in [7, 11) is 0. The number of allylic oxidation sites excluding steroid dienone is 1. The third-order valence-electron chi connectivity index (χ3n) is 6.09. The number of halogens is 1. The second-order valence-electron chi connectivity index (χ2n) is 8.67. The molecule has 9 heteroatoms. The normalized spacial score (nSPS) is 14.6. The van der Waals surface area contributed by atoms with Crippen LogP contribution in [-0.4, -0.2) is 26.5 Å². The molecule has 0 spiro atoms. The Labute approximate surface area is 224 Å². The van der Waals surface area contributed by atoms with Crippen LogP contribution in [-0.2, 0) is 22.7 Å². The average Bonchev–Trinajstić information content (AvgIpc) is 3.33. The maximum atomic E-state index is 14.0. The monoisotopic (exact) mass is 530 g/mol. The Morgan fingerprint density at radius 3 is 2.50 bits per heavy atom. The van der Waals surface area contributed by atoms with Gasteiger partial charge in [0.15, 0.2) is 0 Å². The van der Waals surface area contributed by atoms with Crippen LogP contribution in [0.25, 0.3) is 0 Å². The second-order valence-corrected chi connectivity index (χ2v) is 9.90. The third kappa shape index (κ3) is 5.57. The van der Waals surface area contributed by atoms with Crippen molar-refractivity contribution in [2.24, 2.45) is 0 Å². The van der Waals surface area contributed by atoms with Crippen molar-refractivity contribution in [2.45, 2.75) is 38.3 Å². The molecule has 1 N–H and O–H groups in total. The molecule has 38 heavy (non-hydrogen) atoms. The van der Waals surface area contributed by atoms with Crippen molar-refractivity contribution < 1.29 is 18.7 Å². The van der Waals surface area contributed by atoms with Crippen molar-refractivity contribution in [3.63, 3.8) is 0 Å². The van der Waals surface area contributed by atoms with Crippen molar-refractivity contribution in [2.75, 3.05) is 11.1 Å². The zero-order valence-corrected chi connectivity index (χ0v) is 21.9. The second kappa shape index (κ2) is 11.5. The summed E-state index contributed by atoms with van der Waals surface area (Å²) < 4.78 is 27.2. The van der Waals surface area contributed by atoms with E-state index in [2.05, 4.69) is 15.4 Å². The fraction of sp³-hybridized carbons (Fsp3) is 0.207. The fourth-order valence-electron chi connectivity index (χ4n) is 4.22. The maximum absolute atomic E-state index is 14.0. The van der Waals surface area contributed by atoms with Gasteiger partial charge in [-0.3, -0.25) is 0 Å². The van der Waals surface area contributed by atoms with Gasteiger partial charge in [0.25, 0.3) is 0 Å². The Morgan fingerprint density at radius 1 is 1.03 bits per heavy atom. The molecule has 2 heterocycles. The van der Waals surface area contributed by atoms with Gasteiger partial charge in [-0.15, -0.1) is 5.10 Å². The van der Waals surface area contributed by atoms with Gasteiger partial charge < -0.3 is 14.8 Å². The minimum Gasteiger partial charge on any atom is -0.489 e. The largest absolute Gasteiger partial charge is 0.489 e. The summed E-state index contributed by atoms with van der Waals surface area (Å²) in [5.41, 5.74) is 3.30. The summed E-state index contributed by atoms with van der Waals surface area (Å²) in [4.78, 5) is 18.0. The number of thioether (sulfide) groups is 1. The SMILES string of the molecule is CCSc1nc2n(n1)C(c1ccc(OCc3ccccc3F)cc1)C(C(=O)OCc1ccccc1)=C(C)N2. The van der Waals surface area contributed by atoms with Gasteiger partial charge in [-0.2, -0.15) is 4.98 Å². The van der Waals surface area contributed by atoms with Gasteiger partial charge in [0, 0.05) is 11.3 Å². The van der Waals surface area contributed by atoms with Crippen LogP contribution < -0.4 is 10.1 Å². The first-order chi connectivity index (χ1) is 18.5. The number of aromatic nitrogens is 3. The van der Waals surface area contributed by atoms with Crippen molar-refractivity contribution in [3.8, 4) is 5.75 Å².